The zero-order chi connectivity index (χ0) is 22.3. The molecule has 0 saturated heterocycles. The fourth-order valence-corrected chi connectivity index (χ4v) is 2.90. The molecule has 0 saturated carbocycles. The third kappa shape index (κ3) is 5.00. The van der Waals surface area contributed by atoms with Crippen LogP contribution in [0.4, 0.5) is 0 Å². The fraction of sp³-hybridized carbons (Fsp3) is 0.333. The molecular formula is C24H30O6. The summed E-state index contributed by atoms with van der Waals surface area (Å²) < 4.78 is 34.3. The molecule has 2 aromatic rings. The van der Waals surface area contributed by atoms with Crippen molar-refractivity contribution in [3.63, 3.8) is 0 Å². The Hall–Kier alpha value is -3.28. The molecule has 6 nitrogen and oxygen atoms in total. The Morgan fingerprint density at radius 2 is 0.967 bits per heavy atom. The first-order valence-corrected chi connectivity index (χ1v) is 9.42. The minimum absolute atomic E-state index is 0.336. The highest BCUT2D eigenvalue weighted by Gasteiger charge is 2.24. The lowest BCUT2D eigenvalue weighted by Crippen LogP contribution is -2.05. The number of methoxy groups -OCH3 is 4. The van der Waals surface area contributed by atoms with Gasteiger partial charge in [-0.3, -0.25) is 0 Å². The normalized spacial score (nSPS) is 10.2. The molecule has 30 heavy (non-hydrogen) atoms. The minimum atomic E-state index is 0.336. The van der Waals surface area contributed by atoms with Gasteiger partial charge in [-0.05, 0) is 49.3 Å². The maximum Gasteiger partial charge on any atom is 0.204 e. The van der Waals surface area contributed by atoms with Crippen LogP contribution in [-0.2, 0) is 0 Å². The van der Waals surface area contributed by atoms with Crippen LogP contribution in [-0.4, -0.2) is 41.7 Å². The highest BCUT2D eigenvalue weighted by Crippen LogP contribution is 2.51. The van der Waals surface area contributed by atoms with Gasteiger partial charge in [-0.2, -0.15) is 0 Å². The van der Waals surface area contributed by atoms with Crippen LogP contribution in [0.5, 0.6) is 34.5 Å². The van der Waals surface area contributed by atoms with Crippen molar-refractivity contribution >= 4 is 0 Å². The molecule has 0 aliphatic heterocycles. The Labute approximate surface area is 178 Å². The van der Waals surface area contributed by atoms with E-state index >= 15 is 0 Å². The predicted molar refractivity (Wildman–Crippen MR) is 119 cm³/mol. The average Bonchev–Trinajstić information content (AvgIpc) is 2.74. The van der Waals surface area contributed by atoms with Crippen molar-refractivity contribution in [1.29, 1.82) is 0 Å². The van der Waals surface area contributed by atoms with E-state index in [9.17, 15) is 0 Å². The number of rotatable bonds is 11. The van der Waals surface area contributed by atoms with Gasteiger partial charge in [0.2, 0.25) is 11.5 Å². The lowest BCUT2D eigenvalue weighted by atomic mass is 10.0. The molecule has 162 valence electrons. The van der Waals surface area contributed by atoms with Gasteiger partial charge in [0.25, 0.3) is 0 Å². The Bertz CT molecular complexity index is 841. The molecule has 0 atom stereocenters. The maximum absolute atomic E-state index is 5.94. The van der Waals surface area contributed by atoms with Gasteiger partial charge in [0.15, 0.2) is 23.0 Å². The molecule has 0 N–H and O–H groups in total. The van der Waals surface area contributed by atoms with Crippen LogP contribution in [0.25, 0.3) is 11.1 Å². The van der Waals surface area contributed by atoms with E-state index in [1.54, 1.807) is 28.4 Å². The molecular weight excluding hydrogens is 384 g/mol. The van der Waals surface area contributed by atoms with E-state index in [4.69, 9.17) is 28.4 Å². The molecule has 0 heterocycles. The van der Waals surface area contributed by atoms with Gasteiger partial charge in [-0.15, -0.1) is 0 Å². The van der Waals surface area contributed by atoms with Crippen molar-refractivity contribution in [1.82, 2.24) is 0 Å². The summed E-state index contributed by atoms with van der Waals surface area (Å²) in [5, 5.41) is 0. The van der Waals surface area contributed by atoms with Gasteiger partial charge in [0, 0.05) is 11.1 Å². The van der Waals surface area contributed by atoms with Gasteiger partial charge in [0.1, 0.15) is 13.2 Å². The second-order valence-corrected chi connectivity index (χ2v) is 6.85. The summed E-state index contributed by atoms with van der Waals surface area (Å²) in [4.78, 5) is 0. The van der Waals surface area contributed by atoms with E-state index in [0.29, 0.717) is 47.7 Å². The molecule has 0 unspecified atom stereocenters. The molecule has 0 aliphatic rings. The van der Waals surface area contributed by atoms with Gasteiger partial charge < -0.3 is 28.4 Å². The Kier molecular flexibility index (Phi) is 8.04. The molecule has 2 rings (SSSR count). The van der Waals surface area contributed by atoms with Crippen LogP contribution >= 0.6 is 0 Å². The van der Waals surface area contributed by atoms with Crippen LogP contribution in [0.3, 0.4) is 0 Å². The van der Waals surface area contributed by atoms with E-state index in [2.05, 4.69) is 13.2 Å². The summed E-state index contributed by atoms with van der Waals surface area (Å²) in [6.07, 6.45) is 0. The van der Waals surface area contributed by atoms with Crippen molar-refractivity contribution in [2.75, 3.05) is 41.7 Å². The van der Waals surface area contributed by atoms with E-state index in [1.165, 1.54) is 0 Å². The maximum atomic E-state index is 5.94. The molecule has 0 spiro atoms. The Morgan fingerprint density at radius 1 is 0.600 bits per heavy atom. The summed E-state index contributed by atoms with van der Waals surface area (Å²) in [6, 6.07) is 7.42. The number of hydrogen-bond acceptors (Lipinski definition) is 6. The summed E-state index contributed by atoms with van der Waals surface area (Å²) in [5.41, 5.74) is 3.27. The summed E-state index contributed by atoms with van der Waals surface area (Å²) >= 11 is 0. The van der Waals surface area contributed by atoms with Gasteiger partial charge >= 0.3 is 0 Å². The first-order chi connectivity index (χ1) is 14.4. The first kappa shape index (κ1) is 23.0. The van der Waals surface area contributed by atoms with Crippen molar-refractivity contribution < 1.29 is 28.4 Å². The molecule has 0 aliphatic carbocycles. The first-order valence-electron chi connectivity index (χ1n) is 9.42. The topological polar surface area (TPSA) is 55.4 Å². The third-order valence-corrected chi connectivity index (χ3v) is 4.22. The average molecular weight is 414 g/mol. The second-order valence-electron chi connectivity index (χ2n) is 6.85. The van der Waals surface area contributed by atoms with Crippen molar-refractivity contribution in [2.45, 2.75) is 13.8 Å². The summed E-state index contributed by atoms with van der Waals surface area (Å²) in [5.74, 6) is 3.13. The lowest BCUT2D eigenvalue weighted by Gasteiger charge is -2.21. The zero-order valence-corrected chi connectivity index (χ0v) is 18.6. The van der Waals surface area contributed by atoms with Gasteiger partial charge in [0.05, 0.1) is 28.4 Å². The Morgan fingerprint density at radius 3 is 1.23 bits per heavy atom. The molecule has 0 aromatic heterocycles. The highest BCUT2D eigenvalue weighted by atomic mass is 16.5. The number of hydrogen-bond donors (Lipinski definition) is 0. The van der Waals surface area contributed by atoms with Crippen LogP contribution in [0.15, 0.2) is 48.6 Å². The Balaban J connectivity index is 2.70. The standard InChI is InChI=1S/C24H30O6/c1-15(2)13-29-23-19(25-5)11-9-17(21(23)27-7)18-10-12-20(26-6)24(22(18)28-8)30-14-16(3)4/h9-12H,1,3,13-14H2,2,4-8H3. The zero-order valence-electron chi connectivity index (χ0n) is 18.6. The van der Waals surface area contributed by atoms with E-state index in [0.717, 1.165) is 22.3 Å². The molecule has 2 aromatic carbocycles. The highest BCUT2D eigenvalue weighted by molar-refractivity contribution is 5.83. The number of ether oxygens (including phenoxy) is 6. The second kappa shape index (κ2) is 10.5. The SMILES string of the molecule is C=C(C)COc1c(OC)ccc(-c2ccc(OC)c(OCC(=C)C)c2OC)c1OC. The monoisotopic (exact) mass is 414 g/mol. The molecule has 0 radical (unpaired) electrons. The van der Waals surface area contributed by atoms with Crippen LogP contribution < -0.4 is 28.4 Å². The summed E-state index contributed by atoms with van der Waals surface area (Å²) in [6.45, 7) is 12.2. The van der Waals surface area contributed by atoms with Crippen LogP contribution in [0, 0.1) is 0 Å². The molecule has 0 fully saturated rings. The largest absolute Gasteiger partial charge is 0.493 e. The van der Waals surface area contributed by atoms with E-state index < -0.39 is 0 Å². The van der Waals surface area contributed by atoms with E-state index in [-0.39, 0.29) is 0 Å². The summed E-state index contributed by atoms with van der Waals surface area (Å²) in [7, 11) is 6.33. The number of benzene rings is 2. The van der Waals surface area contributed by atoms with Crippen molar-refractivity contribution in [3.8, 4) is 45.6 Å². The van der Waals surface area contributed by atoms with Gasteiger partial charge in [-0.1, -0.05) is 13.2 Å². The fourth-order valence-electron chi connectivity index (χ4n) is 2.90. The lowest BCUT2D eigenvalue weighted by molar-refractivity contribution is 0.294. The van der Waals surface area contributed by atoms with E-state index in [1.807, 2.05) is 38.1 Å². The predicted octanol–water partition coefficient (Wildman–Crippen LogP) is 5.30. The van der Waals surface area contributed by atoms with Gasteiger partial charge in [-0.25, -0.2) is 0 Å². The van der Waals surface area contributed by atoms with Crippen molar-refractivity contribution in [2.24, 2.45) is 0 Å². The molecule has 0 amide bonds. The van der Waals surface area contributed by atoms with Crippen LogP contribution in [0.2, 0.25) is 0 Å². The molecule has 0 bridgehead atoms. The molecule has 6 heteroatoms. The van der Waals surface area contributed by atoms with Crippen LogP contribution in [0.1, 0.15) is 13.8 Å². The quantitative estimate of drug-likeness (QED) is 0.465. The third-order valence-electron chi connectivity index (χ3n) is 4.22. The van der Waals surface area contributed by atoms with Crippen molar-refractivity contribution in [3.05, 3.63) is 48.6 Å². The minimum Gasteiger partial charge on any atom is -0.493 e. The smallest absolute Gasteiger partial charge is 0.204 e.